The Morgan fingerprint density at radius 3 is 2.33 bits per heavy atom. The van der Waals surface area contributed by atoms with Gasteiger partial charge in [0, 0.05) is 12.1 Å². The monoisotopic (exact) mass is 257 g/mol. The van der Waals surface area contributed by atoms with Gasteiger partial charge in [-0.2, -0.15) is 4.39 Å². The highest BCUT2D eigenvalue weighted by molar-refractivity contribution is 5.55. The number of anilines is 1. The average molecular weight is 257 g/mol. The Hall–Kier alpha value is -2.24. The van der Waals surface area contributed by atoms with Crippen LogP contribution in [-0.2, 0) is 0 Å². The molecule has 2 aromatic rings. The van der Waals surface area contributed by atoms with Crippen molar-refractivity contribution in [1.29, 1.82) is 0 Å². The van der Waals surface area contributed by atoms with Crippen LogP contribution in [0.5, 0.6) is 11.5 Å². The van der Waals surface area contributed by atoms with E-state index in [0.717, 1.165) is 18.2 Å². The quantitative estimate of drug-likeness (QED) is 0.658. The van der Waals surface area contributed by atoms with Crippen molar-refractivity contribution in [3.8, 4) is 11.5 Å². The number of hydrogen-bond acceptors (Lipinski definition) is 2. The van der Waals surface area contributed by atoms with E-state index in [1.54, 1.807) is 0 Å². The van der Waals surface area contributed by atoms with Crippen LogP contribution in [0.25, 0.3) is 0 Å². The molecule has 94 valence electrons. The van der Waals surface area contributed by atoms with Gasteiger partial charge in [0.15, 0.2) is 23.1 Å². The second-order valence-electron chi connectivity index (χ2n) is 3.45. The maximum atomic E-state index is 13.3. The number of halogens is 4. The zero-order chi connectivity index (χ0) is 13.3. The van der Waals surface area contributed by atoms with E-state index < -0.39 is 40.5 Å². The summed E-state index contributed by atoms with van der Waals surface area (Å²) in [7, 11) is 0. The van der Waals surface area contributed by atoms with Gasteiger partial charge >= 0.3 is 0 Å². The van der Waals surface area contributed by atoms with E-state index in [-0.39, 0.29) is 0 Å². The first-order valence-corrected chi connectivity index (χ1v) is 4.85. The summed E-state index contributed by atoms with van der Waals surface area (Å²) in [4.78, 5) is 0. The van der Waals surface area contributed by atoms with Gasteiger partial charge in [-0.1, -0.05) is 6.07 Å². The van der Waals surface area contributed by atoms with Crippen molar-refractivity contribution in [2.75, 3.05) is 5.73 Å². The minimum absolute atomic E-state index is 0.419. The van der Waals surface area contributed by atoms with Crippen LogP contribution in [-0.4, -0.2) is 0 Å². The third-order valence-corrected chi connectivity index (χ3v) is 2.19. The standard InChI is InChI=1S/C12H7F4NO/c13-6-4-8(15)12(17)10(5-6)18-9-3-1-2-7(14)11(9)16/h1-5H,17H2. The molecular formula is C12H7F4NO. The zero-order valence-electron chi connectivity index (χ0n) is 8.88. The largest absolute Gasteiger partial charge is 0.452 e. The third kappa shape index (κ3) is 2.22. The summed E-state index contributed by atoms with van der Waals surface area (Å²) in [5, 5.41) is 0. The summed E-state index contributed by atoms with van der Waals surface area (Å²) < 4.78 is 57.1. The number of benzene rings is 2. The molecule has 0 fully saturated rings. The van der Waals surface area contributed by atoms with Crippen LogP contribution in [0.4, 0.5) is 23.2 Å². The first kappa shape index (κ1) is 12.2. The lowest BCUT2D eigenvalue weighted by Crippen LogP contribution is -1.99. The van der Waals surface area contributed by atoms with Gasteiger partial charge in [-0.05, 0) is 12.1 Å². The molecule has 18 heavy (non-hydrogen) atoms. The SMILES string of the molecule is Nc1c(F)cc(F)cc1Oc1cccc(F)c1F. The van der Waals surface area contributed by atoms with Crippen LogP contribution >= 0.6 is 0 Å². The lowest BCUT2D eigenvalue weighted by Gasteiger charge is -2.10. The van der Waals surface area contributed by atoms with Crippen molar-refractivity contribution < 1.29 is 22.3 Å². The molecule has 2 N–H and O–H groups in total. The third-order valence-electron chi connectivity index (χ3n) is 2.19. The molecule has 0 unspecified atom stereocenters. The summed E-state index contributed by atoms with van der Waals surface area (Å²) in [6.07, 6.45) is 0. The topological polar surface area (TPSA) is 35.2 Å². The minimum Gasteiger partial charge on any atom is -0.452 e. The Balaban J connectivity index is 2.43. The molecule has 2 aromatic carbocycles. The van der Waals surface area contributed by atoms with Gasteiger partial charge < -0.3 is 10.5 Å². The van der Waals surface area contributed by atoms with E-state index in [1.807, 2.05) is 0 Å². The van der Waals surface area contributed by atoms with Crippen molar-refractivity contribution in [2.24, 2.45) is 0 Å². The maximum absolute atomic E-state index is 13.3. The summed E-state index contributed by atoms with van der Waals surface area (Å²) >= 11 is 0. The van der Waals surface area contributed by atoms with E-state index in [4.69, 9.17) is 10.5 Å². The molecule has 0 aliphatic carbocycles. The Labute approximate surface area is 99.6 Å². The van der Waals surface area contributed by atoms with Gasteiger partial charge in [0.1, 0.15) is 11.5 Å². The first-order valence-electron chi connectivity index (χ1n) is 4.85. The molecule has 0 saturated heterocycles. The number of nitrogens with two attached hydrogens (primary N) is 1. The molecule has 0 heterocycles. The van der Waals surface area contributed by atoms with Gasteiger partial charge in [0.05, 0.1) is 0 Å². The number of rotatable bonds is 2. The van der Waals surface area contributed by atoms with E-state index >= 15 is 0 Å². The molecule has 0 spiro atoms. The van der Waals surface area contributed by atoms with Crippen LogP contribution in [0.3, 0.4) is 0 Å². The summed E-state index contributed by atoms with van der Waals surface area (Å²) in [6.45, 7) is 0. The Bertz CT molecular complexity index is 601. The number of ether oxygens (including phenoxy) is 1. The van der Waals surface area contributed by atoms with Crippen molar-refractivity contribution in [3.63, 3.8) is 0 Å². The fourth-order valence-electron chi connectivity index (χ4n) is 1.33. The normalized spacial score (nSPS) is 10.4. The molecule has 0 aliphatic rings. The molecule has 0 amide bonds. The molecule has 0 atom stereocenters. The van der Waals surface area contributed by atoms with Crippen molar-refractivity contribution in [1.82, 2.24) is 0 Å². The van der Waals surface area contributed by atoms with Crippen LogP contribution in [0.15, 0.2) is 30.3 Å². The fraction of sp³-hybridized carbons (Fsp3) is 0. The van der Waals surface area contributed by atoms with Gasteiger partial charge in [0.25, 0.3) is 0 Å². The molecule has 2 nitrogen and oxygen atoms in total. The molecule has 0 saturated carbocycles. The van der Waals surface area contributed by atoms with Gasteiger partial charge in [-0.25, -0.2) is 13.2 Å². The second kappa shape index (κ2) is 4.56. The predicted molar refractivity (Wildman–Crippen MR) is 57.2 cm³/mol. The van der Waals surface area contributed by atoms with Crippen LogP contribution < -0.4 is 10.5 Å². The highest BCUT2D eigenvalue weighted by atomic mass is 19.2. The smallest absolute Gasteiger partial charge is 0.201 e. The van der Waals surface area contributed by atoms with E-state index in [1.165, 1.54) is 6.07 Å². The van der Waals surface area contributed by atoms with Gasteiger partial charge in [-0.3, -0.25) is 0 Å². The molecular weight excluding hydrogens is 250 g/mol. The van der Waals surface area contributed by atoms with E-state index in [9.17, 15) is 17.6 Å². The summed E-state index contributed by atoms with van der Waals surface area (Å²) in [6, 6.07) is 4.53. The van der Waals surface area contributed by atoms with E-state index in [2.05, 4.69) is 0 Å². The maximum Gasteiger partial charge on any atom is 0.201 e. The zero-order valence-corrected chi connectivity index (χ0v) is 8.88. The Morgan fingerprint density at radius 2 is 1.61 bits per heavy atom. The van der Waals surface area contributed by atoms with Crippen molar-refractivity contribution in [3.05, 3.63) is 53.6 Å². The van der Waals surface area contributed by atoms with Gasteiger partial charge in [0.2, 0.25) is 5.82 Å². The number of hydrogen-bond donors (Lipinski definition) is 1. The average Bonchev–Trinajstić information content (AvgIpc) is 2.31. The summed E-state index contributed by atoms with van der Waals surface area (Å²) in [5.41, 5.74) is 4.82. The summed E-state index contributed by atoms with van der Waals surface area (Å²) in [5.74, 6) is -5.30. The van der Waals surface area contributed by atoms with Crippen LogP contribution in [0.1, 0.15) is 0 Å². The molecule has 0 aliphatic heterocycles. The highest BCUT2D eigenvalue weighted by Crippen LogP contribution is 2.32. The molecule has 6 heteroatoms. The Morgan fingerprint density at radius 1 is 0.889 bits per heavy atom. The van der Waals surface area contributed by atoms with Crippen molar-refractivity contribution in [2.45, 2.75) is 0 Å². The molecule has 0 aromatic heterocycles. The predicted octanol–water partition coefficient (Wildman–Crippen LogP) is 3.62. The van der Waals surface area contributed by atoms with E-state index in [0.29, 0.717) is 6.07 Å². The fourth-order valence-corrected chi connectivity index (χ4v) is 1.33. The highest BCUT2D eigenvalue weighted by Gasteiger charge is 2.14. The van der Waals surface area contributed by atoms with Crippen molar-refractivity contribution >= 4 is 5.69 Å². The van der Waals surface area contributed by atoms with Gasteiger partial charge in [-0.15, -0.1) is 0 Å². The lowest BCUT2D eigenvalue weighted by molar-refractivity contribution is 0.413. The van der Waals surface area contributed by atoms with Crippen LogP contribution in [0, 0.1) is 23.3 Å². The minimum atomic E-state index is -1.26. The molecule has 0 radical (unpaired) electrons. The molecule has 2 rings (SSSR count). The van der Waals surface area contributed by atoms with Crippen LogP contribution in [0.2, 0.25) is 0 Å². The lowest BCUT2D eigenvalue weighted by atomic mass is 10.2. The first-order chi connectivity index (χ1) is 8.49. The second-order valence-corrected chi connectivity index (χ2v) is 3.45. The molecule has 0 bridgehead atoms. The number of nitrogen functional groups attached to an aromatic ring is 1. The Kier molecular flexibility index (Phi) is 3.10.